The molecule has 29 heavy (non-hydrogen) atoms. The second-order valence-corrected chi connectivity index (χ2v) is 8.07. The van der Waals surface area contributed by atoms with Crippen LogP contribution in [0.1, 0.15) is 22.3 Å². The van der Waals surface area contributed by atoms with Crippen molar-refractivity contribution in [3.05, 3.63) is 46.4 Å². The number of nitrogens with one attached hydrogen (secondary N) is 2. The lowest BCUT2D eigenvalue weighted by molar-refractivity contribution is 0.0949. The van der Waals surface area contributed by atoms with Gasteiger partial charge in [-0.15, -0.1) is 11.3 Å². The molecule has 0 saturated heterocycles. The Labute approximate surface area is 174 Å². The van der Waals surface area contributed by atoms with Gasteiger partial charge in [-0.25, -0.2) is 19.9 Å². The Kier molecular flexibility index (Phi) is 4.40. The molecule has 1 aromatic carbocycles. The zero-order valence-electron chi connectivity index (χ0n) is 15.3. The number of amides is 1. The van der Waals surface area contributed by atoms with Crippen LogP contribution in [0, 0.1) is 0 Å². The van der Waals surface area contributed by atoms with Crippen molar-refractivity contribution in [3.63, 3.8) is 0 Å². The average Bonchev–Trinajstić information content (AvgIpc) is 3.03. The third-order valence-electron chi connectivity index (χ3n) is 4.56. The van der Waals surface area contributed by atoms with Crippen molar-refractivity contribution in [3.8, 4) is 5.88 Å². The number of halogens is 1. The number of carbonyl (C=O) groups excluding carboxylic acids is 1. The van der Waals surface area contributed by atoms with Crippen LogP contribution < -0.4 is 15.4 Å². The van der Waals surface area contributed by atoms with E-state index in [2.05, 4.69) is 30.6 Å². The zero-order chi connectivity index (χ0) is 20.0. The summed E-state index contributed by atoms with van der Waals surface area (Å²) < 4.78 is 6.70. The normalized spacial score (nSPS) is 16.2. The number of benzene rings is 1. The Bertz CT molecular complexity index is 1260. The second-order valence-electron chi connectivity index (χ2n) is 6.68. The minimum absolute atomic E-state index is 0.0495. The van der Waals surface area contributed by atoms with E-state index in [4.69, 9.17) is 16.3 Å². The SMILES string of the molecule is C[C@@H]1CNc2c(sc3ccc4nc(OCc5ccnc(Cl)n5)cnc4c23)C(=O)N1. The summed E-state index contributed by atoms with van der Waals surface area (Å²) in [7, 11) is 0. The highest BCUT2D eigenvalue weighted by Gasteiger charge is 2.25. The first-order valence-corrected chi connectivity index (χ1v) is 10.1. The van der Waals surface area contributed by atoms with Crippen LogP contribution in [0.5, 0.6) is 5.88 Å². The van der Waals surface area contributed by atoms with Gasteiger partial charge in [-0.3, -0.25) is 4.79 Å². The van der Waals surface area contributed by atoms with E-state index in [1.165, 1.54) is 11.3 Å². The molecular weight excluding hydrogens is 412 g/mol. The molecule has 0 aliphatic carbocycles. The van der Waals surface area contributed by atoms with Crippen LogP contribution in [0.3, 0.4) is 0 Å². The highest BCUT2D eigenvalue weighted by Crippen LogP contribution is 2.40. The Balaban J connectivity index is 1.52. The molecule has 2 N–H and O–H groups in total. The number of carbonyl (C=O) groups is 1. The van der Waals surface area contributed by atoms with Crippen LogP contribution in [0.4, 0.5) is 5.69 Å². The maximum Gasteiger partial charge on any atom is 0.263 e. The van der Waals surface area contributed by atoms with Crippen molar-refractivity contribution < 1.29 is 9.53 Å². The fourth-order valence-corrected chi connectivity index (χ4v) is 4.49. The number of anilines is 1. The number of nitrogens with zero attached hydrogens (tertiary/aromatic N) is 4. The first-order chi connectivity index (χ1) is 14.1. The molecule has 0 radical (unpaired) electrons. The Morgan fingerprint density at radius 2 is 2.17 bits per heavy atom. The van der Waals surface area contributed by atoms with Crippen LogP contribution in [0.25, 0.3) is 21.1 Å². The van der Waals surface area contributed by atoms with Crippen LogP contribution in [-0.4, -0.2) is 38.4 Å². The molecule has 3 aromatic heterocycles. The quantitative estimate of drug-likeness (QED) is 0.484. The summed E-state index contributed by atoms with van der Waals surface area (Å²) in [6.45, 7) is 2.82. The van der Waals surface area contributed by atoms with Gasteiger partial charge >= 0.3 is 0 Å². The number of ether oxygens (including phenoxy) is 1. The Morgan fingerprint density at radius 1 is 1.28 bits per heavy atom. The summed E-state index contributed by atoms with van der Waals surface area (Å²) in [5.41, 5.74) is 2.88. The van der Waals surface area contributed by atoms with Gasteiger partial charge in [0.05, 0.1) is 28.6 Å². The molecule has 5 rings (SSSR count). The van der Waals surface area contributed by atoms with Crippen LogP contribution in [0.2, 0.25) is 5.28 Å². The third kappa shape index (κ3) is 3.32. The number of hydrogen-bond acceptors (Lipinski definition) is 8. The molecule has 10 heteroatoms. The fraction of sp³-hybridized carbons (Fsp3) is 0.211. The molecule has 0 saturated carbocycles. The lowest BCUT2D eigenvalue weighted by atomic mass is 10.1. The van der Waals surface area contributed by atoms with Crippen molar-refractivity contribution in [1.29, 1.82) is 0 Å². The van der Waals surface area contributed by atoms with Crippen molar-refractivity contribution in [2.45, 2.75) is 19.6 Å². The molecule has 4 aromatic rings. The van der Waals surface area contributed by atoms with Crippen molar-refractivity contribution in [2.75, 3.05) is 11.9 Å². The molecule has 8 nitrogen and oxygen atoms in total. The maximum absolute atomic E-state index is 12.5. The van der Waals surface area contributed by atoms with Crippen molar-refractivity contribution in [1.82, 2.24) is 25.3 Å². The largest absolute Gasteiger partial charge is 0.470 e. The molecule has 0 bridgehead atoms. The van der Waals surface area contributed by atoms with Crippen LogP contribution in [0.15, 0.2) is 30.6 Å². The first kappa shape index (κ1) is 18.0. The summed E-state index contributed by atoms with van der Waals surface area (Å²) in [5, 5.41) is 7.45. The Hall–Kier alpha value is -3.04. The lowest BCUT2D eigenvalue weighted by Gasteiger charge is -2.10. The Morgan fingerprint density at radius 3 is 3.03 bits per heavy atom. The topological polar surface area (TPSA) is 102 Å². The van der Waals surface area contributed by atoms with E-state index < -0.39 is 0 Å². The molecule has 0 spiro atoms. The van der Waals surface area contributed by atoms with Crippen molar-refractivity contribution in [2.24, 2.45) is 0 Å². The summed E-state index contributed by atoms with van der Waals surface area (Å²) in [5.74, 6) is 0.315. The van der Waals surface area contributed by atoms with Gasteiger partial charge in [-0.05, 0) is 36.7 Å². The summed E-state index contributed by atoms with van der Waals surface area (Å²) in [4.78, 5) is 30.3. The molecular formula is C19H15ClN6O2S. The number of thiophene rings is 1. The van der Waals surface area contributed by atoms with Gasteiger partial charge in [0.1, 0.15) is 11.5 Å². The van der Waals surface area contributed by atoms with E-state index in [0.717, 1.165) is 21.3 Å². The number of rotatable bonds is 3. The molecule has 1 amide bonds. The van der Waals surface area contributed by atoms with E-state index in [1.807, 2.05) is 19.1 Å². The summed E-state index contributed by atoms with van der Waals surface area (Å²) in [6.07, 6.45) is 3.15. The number of aromatic nitrogens is 4. The van der Waals surface area contributed by atoms with E-state index in [9.17, 15) is 4.79 Å². The molecule has 4 heterocycles. The number of fused-ring (bicyclic) bond motifs is 5. The molecule has 146 valence electrons. The minimum atomic E-state index is -0.0664. The zero-order valence-corrected chi connectivity index (χ0v) is 16.8. The van der Waals surface area contributed by atoms with Gasteiger partial charge in [0.25, 0.3) is 5.91 Å². The standard InChI is InChI=1S/C19H15ClN6O2S/c1-9-6-22-16-14-12(29-17(16)18(27)24-9)3-2-11-15(14)23-7-13(26-11)28-8-10-4-5-21-19(20)25-10/h2-5,7,9,22H,6,8H2,1H3,(H,24,27)/t9-/m1/s1. The van der Waals surface area contributed by atoms with Gasteiger partial charge in [0.15, 0.2) is 0 Å². The van der Waals surface area contributed by atoms with Gasteiger partial charge in [0, 0.05) is 28.9 Å². The van der Waals surface area contributed by atoms with Crippen molar-refractivity contribution >= 4 is 55.7 Å². The van der Waals surface area contributed by atoms with E-state index in [-0.39, 0.29) is 23.8 Å². The average molecular weight is 427 g/mol. The monoisotopic (exact) mass is 426 g/mol. The minimum Gasteiger partial charge on any atom is -0.470 e. The lowest BCUT2D eigenvalue weighted by Crippen LogP contribution is -2.34. The molecule has 1 aliphatic rings. The predicted molar refractivity (Wildman–Crippen MR) is 112 cm³/mol. The van der Waals surface area contributed by atoms with E-state index in [1.54, 1.807) is 18.5 Å². The first-order valence-electron chi connectivity index (χ1n) is 8.95. The predicted octanol–water partition coefficient (Wildman–Crippen LogP) is 3.41. The van der Waals surface area contributed by atoms with Crippen LogP contribution in [-0.2, 0) is 6.61 Å². The molecule has 0 fully saturated rings. The number of hydrogen-bond donors (Lipinski definition) is 2. The molecule has 1 atom stereocenters. The fourth-order valence-electron chi connectivity index (χ4n) is 3.24. The highest BCUT2D eigenvalue weighted by molar-refractivity contribution is 7.21. The van der Waals surface area contributed by atoms with Crippen LogP contribution >= 0.6 is 22.9 Å². The second kappa shape index (κ2) is 7.09. The van der Waals surface area contributed by atoms with Gasteiger partial charge in [-0.1, -0.05) is 0 Å². The summed E-state index contributed by atoms with van der Waals surface area (Å²) in [6, 6.07) is 5.61. The third-order valence-corrected chi connectivity index (χ3v) is 5.90. The smallest absolute Gasteiger partial charge is 0.263 e. The maximum atomic E-state index is 12.5. The molecule has 0 unspecified atom stereocenters. The van der Waals surface area contributed by atoms with Gasteiger partial charge in [-0.2, -0.15) is 0 Å². The summed E-state index contributed by atoms with van der Waals surface area (Å²) >= 11 is 7.25. The molecule has 1 aliphatic heterocycles. The van der Waals surface area contributed by atoms with Gasteiger partial charge < -0.3 is 15.4 Å². The van der Waals surface area contributed by atoms with Gasteiger partial charge in [0.2, 0.25) is 11.2 Å². The van der Waals surface area contributed by atoms with E-state index >= 15 is 0 Å². The highest BCUT2D eigenvalue weighted by atomic mass is 35.5. The van der Waals surface area contributed by atoms with E-state index in [0.29, 0.717) is 28.5 Å².